The van der Waals surface area contributed by atoms with Gasteiger partial charge in [0.15, 0.2) is 0 Å². The van der Waals surface area contributed by atoms with Gasteiger partial charge in [0.25, 0.3) is 0 Å². The summed E-state index contributed by atoms with van der Waals surface area (Å²) in [5.74, 6) is 0.941. The molecular weight excluding hydrogens is 210 g/mol. The maximum atomic E-state index is 6.18. The van der Waals surface area contributed by atoms with Crippen LogP contribution in [0.4, 0.5) is 0 Å². The van der Waals surface area contributed by atoms with Crippen molar-refractivity contribution in [2.75, 3.05) is 0 Å². The molecule has 2 heteroatoms. The molecule has 0 amide bonds. The highest BCUT2D eigenvalue weighted by Gasteiger charge is 2.31. The first-order valence-electron chi connectivity index (χ1n) is 6.34. The van der Waals surface area contributed by atoms with E-state index >= 15 is 0 Å². The van der Waals surface area contributed by atoms with Crippen LogP contribution in [0.2, 0.25) is 0 Å². The third-order valence-electron chi connectivity index (χ3n) is 3.06. The van der Waals surface area contributed by atoms with Gasteiger partial charge in [0.05, 0.1) is 0 Å². The van der Waals surface area contributed by atoms with E-state index in [4.69, 9.17) is 10.5 Å². The molecule has 0 saturated heterocycles. The van der Waals surface area contributed by atoms with Crippen molar-refractivity contribution in [3.8, 4) is 5.75 Å². The Morgan fingerprint density at radius 1 is 1.24 bits per heavy atom. The van der Waals surface area contributed by atoms with Gasteiger partial charge < -0.3 is 10.5 Å². The Morgan fingerprint density at radius 2 is 1.82 bits per heavy atom. The Bertz CT molecular complexity index is 354. The second-order valence-electron chi connectivity index (χ2n) is 5.74. The van der Waals surface area contributed by atoms with Crippen molar-refractivity contribution in [1.29, 1.82) is 0 Å². The molecule has 2 atom stereocenters. The predicted molar refractivity (Wildman–Crippen MR) is 73.3 cm³/mol. The van der Waals surface area contributed by atoms with Crippen LogP contribution < -0.4 is 10.5 Å². The standard InChI is InChI=1S/C15H25NO/c1-6-12(16)14(15(3,4)5)17-13-10-8-7-9-11(13)2/h7-10,12,14H,6,16H2,1-5H3. The fourth-order valence-electron chi connectivity index (χ4n) is 1.95. The van der Waals surface area contributed by atoms with E-state index in [1.807, 2.05) is 18.2 Å². The first-order valence-corrected chi connectivity index (χ1v) is 6.34. The van der Waals surface area contributed by atoms with Gasteiger partial charge in [0.1, 0.15) is 11.9 Å². The number of hydrogen-bond donors (Lipinski definition) is 1. The molecule has 96 valence electrons. The molecule has 0 radical (unpaired) electrons. The normalized spacial score (nSPS) is 15.4. The molecule has 2 unspecified atom stereocenters. The Labute approximate surface area is 105 Å². The lowest BCUT2D eigenvalue weighted by atomic mass is 9.84. The number of rotatable bonds is 4. The Morgan fingerprint density at radius 3 is 2.29 bits per heavy atom. The van der Waals surface area contributed by atoms with Gasteiger partial charge in [0.2, 0.25) is 0 Å². The van der Waals surface area contributed by atoms with E-state index in [9.17, 15) is 0 Å². The molecule has 1 aromatic rings. The molecule has 0 saturated carbocycles. The molecule has 1 rings (SSSR count). The zero-order chi connectivity index (χ0) is 13.1. The summed E-state index contributed by atoms with van der Waals surface area (Å²) in [5.41, 5.74) is 7.37. The Kier molecular flexibility index (Phi) is 4.58. The molecule has 0 aromatic heterocycles. The molecule has 2 nitrogen and oxygen atoms in total. The fourth-order valence-corrected chi connectivity index (χ4v) is 1.95. The van der Waals surface area contributed by atoms with Crippen LogP contribution in [0.3, 0.4) is 0 Å². The van der Waals surface area contributed by atoms with Gasteiger partial charge in [-0.05, 0) is 25.0 Å². The lowest BCUT2D eigenvalue weighted by molar-refractivity contribution is 0.0615. The second kappa shape index (κ2) is 5.54. The van der Waals surface area contributed by atoms with Gasteiger partial charge in [-0.15, -0.1) is 0 Å². The summed E-state index contributed by atoms with van der Waals surface area (Å²) < 4.78 is 6.14. The predicted octanol–water partition coefficient (Wildman–Crippen LogP) is 3.53. The zero-order valence-corrected chi connectivity index (χ0v) is 11.7. The molecule has 0 spiro atoms. The van der Waals surface area contributed by atoms with Crippen molar-refractivity contribution in [2.45, 2.75) is 53.2 Å². The Hall–Kier alpha value is -1.02. The van der Waals surface area contributed by atoms with Gasteiger partial charge >= 0.3 is 0 Å². The topological polar surface area (TPSA) is 35.2 Å². The highest BCUT2D eigenvalue weighted by Crippen LogP contribution is 2.29. The molecule has 0 aliphatic heterocycles. The lowest BCUT2D eigenvalue weighted by Gasteiger charge is -2.35. The largest absolute Gasteiger partial charge is 0.488 e. The summed E-state index contributed by atoms with van der Waals surface area (Å²) in [7, 11) is 0. The minimum Gasteiger partial charge on any atom is -0.488 e. The van der Waals surface area contributed by atoms with Crippen LogP contribution in [0.5, 0.6) is 5.75 Å². The highest BCUT2D eigenvalue weighted by molar-refractivity contribution is 5.32. The number of nitrogens with two attached hydrogens (primary N) is 1. The van der Waals surface area contributed by atoms with E-state index in [1.54, 1.807) is 0 Å². The molecular formula is C15H25NO. The van der Waals surface area contributed by atoms with Gasteiger partial charge in [-0.3, -0.25) is 0 Å². The van der Waals surface area contributed by atoms with E-state index in [1.165, 1.54) is 0 Å². The maximum Gasteiger partial charge on any atom is 0.122 e. The summed E-state index contributed by atoms with van der Waals surface area (Å²) in [4.78, 5) is 0. The van der Waals surface area contributed by atoms with Gasteiger partial charge in [-0.1, -0.05) is 45.9 Å². The van der Waals surface area contributed by atoms with Crippen LogP contribution in [0, 0.1) is 12.3 Å². The molecule has 2 N–H and O–H groups in total. The first kappa shape index (κ1) is 14.0. The molecule has 0 aliphatic rings. The molecule has 1 aromatic carbocycles. The van der Waals surface area contributed by atoms with Crippen molar-refractivity contribution in [1.82, 2.24) is 0 Å². The summed E-state index contributed by atoms with van der Waals surface area (Å²) >= 11 is 0. The van der Waals surface area contributed by atoms with Gasteiger partial charge in [-0.2, -0.15) is 0 Å². The maximum absolute atomic E-state index is 6.18. The number of ether oxygens (including phenoxy) is 1. The van der Waals surface area contributed by atoms with Crippen LogP contribution >= 0.6 is 0 Å². The quantitative estimate of drug-likeness (QED) is 0.866. The number of benzene rings is 1. The third-order valence-corrected chi connectivity index (χ3v) is 3.06. The van der Waals surface area contributed by atoms with Crippen LogP contribution in [-0.2, 0) is 0 Å². The molecule has 0 fully saturated rings. The van der Waals surface area contributed by atoms with Crippen LogP contribution in [0.25, 0.3) is 0 Å². The van der Waals surface area contributed by atoms with Crippen molar-refractivity contribution in [3.05, 3.63) is 29.8 Å². The van der Waals surface area contributed by atoms with Crippen molar-refractivity contribution >= 4 is 0 Å². The molecule has 0 heterocycles. The minimum absolute atomic E-state index is 0.0357. The molecule has 0 aliphatic carbocycles. The van der Waals surface area contributed by atoms with Crippen LogP contribution in [0.1, 0.15) is 39.7 Å². The van der Waals surface area contributed by atoms with E-state index in [-0.39, 0.29) is 17.6 Å². The summed E-state index contributed by atoms with van der Waals surface area (Å²) in [5, 5.41) is 0. The summed E-state index contributed by atoms with van der Waals surface area (Å²) in [6.07, 6.45) is 0.960. The zero-order valence-electron chi connectivity index (χ0n) is 11.7. The van der Waals surface area contributed by atoms with Crippen molar-refractivity contribution in [3.63, 3.8) is 0 Å². The smallest absolute Gasteiger partial charge is 0.122 e. The molecule has 17 heavy (non-hydrogen) atoms. The average molecular weight is 235 g/mol. The van der Waals surface area contributed by atoms with Gasteiger partial charge in [-0.25, -0.2) is 0 Å². The van der Waals surface area contributed by atoms with Crippen LogP contribution in [-0.4, -0.2) is 12.1 Å². The lowest BCUT2D eigenvalue weighted by Crippen LogP contribution is -2.47. The summed E-state index contributed by atoms with van der Waals surface area (Å²) in [6.45, 7) is 10.7. The van der Waals surface area contributed by atoms with E-state index < -0.39 is 0 Å². The minimum atomic E-state index is 0.0357. The number of aryl methyl sites for hydroxylation is 1. The van der Waals surface area contributed by atoms with Gasteiger partial charge in [0, 0.05) is 11.5 Å². The first-order chi connectivity index (χ1) is 7.86. The SMILES string of the molecule is CCC(N)C(Oc1ccccc1C)C(C)(C)C. The van der Waals surface area contributed by atoms with Crippen LogP contribution in [0.15, 0.2) is 24.3 Å². The second-order valence-corrected chi connectivity index (χ2v) is 5.74. The third kappa shape index (κ3) is 3.74. The summed E-state index contributed by atoms with van der Waals surface area (Å²) in [6, 6.07) is 8.16. The fraction of sp³-hybridized carbons (Fsp3) is 0.600. The van der Waals surface area contributed by atoms with Crippen molar-refractivity contribution < 1.29 is 4.74 Å². The number of para-hydroxylation sites is 1. The average Bonchev–Trinajstić information content (AvgIpc) is 2.25. The Balaban J connectivity index is 2.91. The van der Waals surface area contributed by atoms with Crippen molar-refractivity contribution in [2.24, 2.45) is 11.1 Å². The van der Waals surface area contributed by atoms with E-state index in [0.717, 1.165) is 17.7 Å². The van der Waals surface area contributed by atoms with E-state index in [2.05, 4.69) is 40.7 Å². The monoisotopic (exact) mass is 235 g/mol. The van der Waals surface area contributed by atoms with E-state index in [0.29, 0.717) is 0 Å². The molecule has 0 bridgehead atoms. The number of hydrogen-bond acceptors (Lipinski definition) is 2. The highest BCUT2D eigenvalue weighted by atomic mass is 16.5.